The van der Waals surface area contributed by atoms with E-state index >= 15 is 0 Å². The van der Waals surface area contributed by atoms with Crippen LogP contribution in [0.2, 0.25) is 0 Å². The van der Waals surface area contributed by atoms with Crippen molar-refractivity contribution in [3.63, 3.8) is 0 Å². The van der Waals surface area contributed by atoms with E-state index in [0.717, 1.165) is 10.9 Å². The molecule has 2 amide bonds. The molecule has 1 saturated carbocycles. The largest absolute Gasteiger partial charge is 0.493 e. The second-order valence-corrected chi connectivity index (χ2v) is 13.9. The highest BCUT2D eigenvalue weighted by molar-refractivity contribution is 9.09. The maximum absolute atomic E-state index is 13.2. The van der Waals surface area contributed by atoms with E-state index in [2.05, 4.69) is 48.4 Å². The molecule has 3 atom stereocenters. The van der Waals surface area contributed by atoms with E-state index in [4.69, 9.17) is 9.47 Å². The van der Waals surface area contributed by atoms with Crippen molar-refractivity contribution < 1.29 is 37.3 Å². The topological polar surface area (TPSA) is 142 Å². The fraction of sp³-hybridized carbons (Fsp3) is 0.485. The molecule has 3 aromatic rings. The van der Waals surface area contributed by atoms with Crippen molar-refractivity contribution in [3.05, 3.63) is 59.7 Å². The van der Waals surface area contributed by atoms with E-state index in [1.54, 1.807) is 29.2 Å². The number of anilines is 3. The average molecular weight is 751 g/mol. The predicted molar refractivity (Wildman–Crippen MR) is 180 cm³/mol. The summed E-state index contributed by atoms with van der Waals surface area (Å²) < 4.78 is 49.2. The third kappa shape index (κ3) is 9.43. The van der Waals surface area contributed by atoms with Gasteiger partial charge in [0.25, 0.3) is 5.91 Å². The van der Waals surface area contributed by atoms with Crippen molar-refractivity contribution in [2.45, 2.75) is 52.0 Å². The molecule has 0 spiro atoms. The highest BCUT2D eigenvalue weighted by Crippen LogP contribution is 2.51. The van der Waals surface area contributed by atoms with Crippen molar-refractivity contribution in [3.8, 4) is 11.8 Å². The summed E-state index contributed by atoms with van der Waals surface area (Å²) in [6.07, 6.45) is -5.55. The van der Waals surface area contributed by atoms with Crippen LogP contribution in [0.4, 0.5) is 35.5 Å². The molecule has 5 rings (SSSR count). The number of halogens is 4. The number of likely N-dealkylation sites (tertiary alicyclic amines) is 1. The number of carbonyl (C=O) groups excluding carboxylic acids is 1. The highest BCUT2D eigenvalue weighted by atomic mass is 79.9. The number of carboxylic acid groups (broad SMARTS) is 1. The summed E-state index contributed by atoms with van der Waals surface area (Å²) in [5.74, 6) is 1.03. The van der Waals surface area contributed by atoms with Crippen LogP contribution in [0.15, 0.2) is 48.5 Å². The number of rotatable bonds is 13. The number of fused-ring (bicyclic) bond motifs is 1. The molecule has 1 aliphatic heterocycles. The molecule has 49 heavy (non-hydrogen) atoms. The van der Waals surface area contributed by atoms with E-state index in [1.807, 2.05) is 45.0 Å². The Morgan fingerprint density at radius 1 is 1.00 bits per heavy atom. The Bertz CT molecular complexity index is 1610. The summed E-state index contributed by atoms with van der Waals surface area (Å²) in [5.41, 5.74) is 1.24. The van der Waals surface area contributed by atoms with Gasteiger partial charge in [-0.1, -0.05) is 35.0 Å². The van der Waals surface area contributed by atoms with Gasteiger partial charge in [-0.3, -0.25) is 9.69 Å². The Morgan fingerprint density at radius 2 is 1.63 bits per heavy atom. The van der Waals surface area contributed by atoms with Crippen LogP contribution in [0, 0.1) is 17.8 Å². The average Bonchev–Trinajstić information content (AvgIpc) is 3.48. The maximum atomic E-state index is 13.2. The molecule has 2 heterocycles. The number of nitrogens with zero attached hydrogens (tertiary/aromatic N) is 5. The molecular weight excluding hydrogens is 711 g/mol. The van der Waals surface area contributed by atoms with Crippen LogP contribution in [0.1, 0.15) is 43.6 Å². The molecule has 0 bridgehead atoms. The summed E-state index contributed by atoms with van der Waals surface area (Å²) in [7, 11) is 0. The lowest BCUT2D eigenvalue weighted by atomic mass is 10.1. The summed E-state index contributed by atoms with van der Waals surface area (Å²) in [5, 5.41) is 16.5. The molecule has 2 fully saturated rings. The summed E-state index contributed by atoms with van der Waals surface area (Å²) in [4.78, 5) is 40.6. The van der Waals surface area contributed by atoms with Crippen LogP contribution in [0.5, 0.6) is 11.8 Å². The zero-order valence-electron chi connectivity index (χ0n) is 27.5. The van der Waals surface area contributed by atoms with Gasteiger partial charge in [0.15, 0.2) is 6.61 Å². The van der Waals surface area contributed by atoms with Crippen LogP contribution < -0.4 is 20.1 Å². The first-order chi connectivity index (χ1) is 23.1. The number of piperidine rings is 1. The summed E-state index contributed by atoms with van der Waals surface area (Å²) in [6.45, 7) is 7.86. The molecular formula is C33H39BrF3N7O5. The summed E-state index contributed by atoms with van der Waals surface area (Å²) >= 11 is 3.42. The van der Waals surface area contributed by atoms with Crippen LogP contribution >= 0.6 is 15.9 Å². The number of alkyl halides is 4. The SMILES string of the molecule is CC(CBr)COc1ccc(CNc2nc(Nc3ccc(C(=O)N4CC5C(C4)C5N(C(=O)O)C(C)(C)C)cc3)nc(OCC(F)(F)F)n2)cc1. The Hall–Kier alpha value is -4.34. The molecule has 3 unspecified atom stereocenters. The van der Waals surface area contributed by atoms with Gasteiger partial charge in [-0.15, -0.1) is 0 Å². The predicted octanol–water partition coefficient (Wildman–Crippen LogP) is 6.43. The van der Waals surface area contributed by atoms with E-state index in [0.29, 0.717) is 42.6 Å². The van der Waals surface area contributed by atoms with Crippen LogP contribution in [0.3, 0.4) is 0 Å². The van der Waals surface area contributed by atoms with Crippen LogP contribution in [-0.2, 0) is 6.54 Å². The Morgan fingerprint density at radius 3 is 2.20 bits per heavy atom. The quantitative estimate of drug-likeness (QED) is 0.168. The number of ether oxygens (including phenoxy) is 2. The van der Waals surface area contributed by atoms with E-state index < -0.39 is 30.4 Å². The number of benzene rings is 2. The number of carbonyl (C=O) groups is 2. The van der Waals surface area contributed by atoms with Gasteiger partial charge < -0.3 is 30.1 Å². The molecule has 264 valence electrons. The number of nitrogens with one attached hydrogen (secondary N) is 2. The smallest absolute Gasteiger partial charge is 0.422 e. The van der Waals surface area contributed by atoms with Crippen molar-refractivity contribution in [1.82, 2.24) is 24.8 Å². The van der Waals surface area contributed by atoms with Gasteiger partial charge in [0.1, 0.15) is 5.75 Å². The van der Waals surface area contributed by atoms with Gasteiger partial charge in [0.05, 0.1) is 6.61 Å². The van der Waals surface area contributed by atoms with Crippen LogP contribution in [-0.4, -0.2) is 91.2 Å². The van der Waals surface area contributed by atoms with Gasteiger partial charge in [0, 0.05) is 59.6 Å². The first kappa shape index (κ1) is 36.0. The normalized spacial score (nSPS) is 19.1. The van der Waals surface area contributed by atoms with E-state index in [9.17, 15) is 27.9 Å². The van der Waals surface area contributed by atoms with E-state index in [-0.39, 0.29) is 42.2 Å². The number of hydrogen-bond donors (Lipinski definition) is 3. The second kappa shape index (κ2) is 14.6. The molecule has 3 N–H and O–H groups in total. The molecule has 16 heteroatoms. The van der Waals surface area contributed by atoms with Gasteiger partial charge in [-0.25, -0.2) is 4.79 Å². The number of hydrogen-bond acceptors (Lipinski definition) is 9. The third-order valence-electron chi connectivity index (χ3n) is 8.20. The Kier molecular flexibility index (Phi) is 10.7. The lowest BCUT2D eigenvalue weighted by Gasteiger charge is -2.35. The van der Waals surface area contributed by atoms with Crippen molar-refractivity contribution in [2.24, 2.45) is 17.8 Å². The minimum Gasteiger partial charge on any atom is -0.493 e. The minimum absolute atomic E-state index is 0.00762. The Labute approximate surface area is 290 Å². The number of amides is 2. The fourth-order valence-electron chi connectivity index (χ4n) is 5.78. The maximum Gasteiger partial charge on any atom is 0.422 e. The first-order valence-corrected chi connectivity index (χ1v) is 16.9. The monoisotopic (exact) mass is 749 g/mol. The molecule has 2 aliphatic rings. The molecule has 2 aromatic carbocycles. The van der Waals surface area contributed by atoms with Crippen molar-refractivity contribution >= 4 is 45.5 Å². The van der Waals surface area contributed by atoms with Gasteiger partial charge in [-0.05, 0) is 68.7 Å². The standard InChI is InChI=1S/C33H39BrF3N7O5/c1-19(13-34)17-48-23-11-5-20(6-12-23)14-38-28-40-29(42-30(41-28)49-18-33(35,36)37)39-22-9-7-21(8-10-22)27(45)43-15-24-25(16-43)26(24)44(31(46)47)32(2,3)4/h5-12,19,24-26H,13-18H2,1-4H3,(H,46,47)(H2,38,39,40,41,42). The fourth-order valence-corrected chi connectivity index (χ4v) is 5.97. The lowest BCUT2D eigenvalue weighted by molar-refractivity contribution is -0.154. The second-order valence-electron chi connectivity index (χ2n) is 13.3. The van der Waals surface area contributed by atoms with Gasteiger partial charge >= 0.3 is 18.3 Å². The molecule has 1 saturated heterocycles. The molecule has 1 aromatic heterocycles. The Balaban J connectivity index is 1.21. The van der Waals surface area contributed by atoms with Gasteiger partial charge in [-0.2, -0.15) is 28.1 Å². The lowest BCUT2D eigenvalue weighted by Crippen LogP contribution is -2.49. The zero-order chi connectivity index (χ0) is 35.5. The van der Waals surface area contributed by atoms with Crippen molar-refractivity contribution in [2.75, 3.05) is 42.3 Å². The minimum atomic E-state index is -4.59. The molecule has 12 nitrogen and oxygen atoms in total. The number of aromatic nitrogens is 3. The highest BCUT2D eigenvalue weighted by Gasteiger charge is 2.62. The van der Waals surface area contributed by atoms with Crippen LogP contribution in [0.25, 0.3) is 0 Å². The molecule has 1 aliphatic carbocycles. The molecule has 0 radical (unpaired) electrons. The zero-order valence-corrected chi connectivity index (χ0v) is 29.1. The third-order valence-corrected chi connectivity index (χ3v) is 9.31. The summed E-state index contributed by atoms with van der Waals surface area (Å²) in [6, 6.07) is 13.3. The van der Waals surface area contributed by atoms with Crippen molar-refractivity contribution in [1.29, 1.82) is 0 Å². The van der Waals surface area contributed by atoms with E-state index in [1.165, 1.54) is 4.90 Å². The first-order valence-electron chi connectivity index (χ1n) is 15.8. The van der Waals surface area contributed by atoms with Gasteiger partial charge in [0.2, 0.25) is 11.9 Å².